The summed E-state index contributed by atoms with van der Waals surface area (Å²) in [6, 6.07) is 0. The quantitative estimate of drug-likeness (QED) is 0.659. The Hall–Kier alpha value is -1.07. The fraction of sp³-hybridized carbons (Fsp3) is 0.600. The largest absolute Gasteiger partial charge is 0.390 e. The predicted molar refractivity (Wildman–Crippen MR) is 30.7 cm³/mol. The van der Waals surface area contributed by atoms with Crippen molar-refractivity contribution in [2.24, 2.45) is 0 Å². The molecule has 0 atom stereocenters. The van der Waals surface area contributed by atoms with Gasteiger partial charge in [-0.15, -0.1) is 0 Å². The molecule has 1 aromatic heterocycles. The standard InChI is InChI=1S/C5H6F3N3/c6-5(7,8)1-4-11-9-2-3-10-11/h2-3H,1,4H2. The Morgan fingerprint density at radius 2 is 1.73 bits per heavy atom. The Bertz CT molecular complexity index is 203. The third kappa shape index (κ3) is 3.01. The van der Waals surface area contributed by atoms with Gasteiger partial charge in [-0.25, -0.2) is 0 Å². The molecule has 11 heavy (non-hydrogen) atoms. The number of aromatic nitrogens is 3. The second kappa shape index (κ2) is 2.89. The molecule has 0 fully saturated rings. The van der Waals surface area contributed by atoms with Crippen LogP contribution in [0.1, 0.15) is 6.42 Å². The van der Waals surface area contributed by atoms with Crippen LogP contribution in [0.2, 0.25) is 0 Å². The third-order valence-electron chi connectivity index (χ3n) is 1.06. The van der Waals surface area contributed by atoms with Gasteiger partial charge in [-0.1, -0.05) is 0 Å². The molecule has 62 valence electrons. The summed E-state index contributed by atoms with van der Waals surface area (Å²) in [5, 5.41) is 7.05. The van der Waals surface area contributed by atoms with Crippen LogP contribution in [0, 0.1) is 0 Å². The molecule has 1 aromatic rings. The second-order valence-corrected chi connectivity index (χ2v) is 1.99. The number of hydrogen-bond acceptors (Lipinski definition) is 2. The maximum atomic E-state index is 11.6. The highest BCUT2D eigenvalue weighted by molar-refractivity contribution is 4.60. The second-order valence-electron chi connectivity index (χ2n) is 1.99. The first-order chi connectivity index (χ1) is 5.08. The summed E-state index contributed by atoms with van der Waals surface area (Å²) in [7, 11) is 0. The van der Waals surface area contributed by atoms with Crippen LogP contribution in [-0.4, -0.2) is 21.2 Å². The lowest BCUT2D eigenvalue weighted by atomic mass is 10.4. The van der Waals surface area contributed by atoms with Crippen molar-refractivity contribution in [3.05, 3.63) is 12.4 Å². The molecule has 0 amide bonds. The zero-order valence-electron chi connectivity index (χ0n) is 5.54. The maximum Gasteiger partial charge on any atom is 0.390 e. The summed E-state index contributed by atoms with van der Waals surface area (Å²) < 4.78 is 34.7. The van der Waals surface area contributed by atoms with Crippen molar-refractivity contribution in [1.82, 2.24) is 15.0 Å². The predicted octanol–water partition coefficient (Wildman–Crippen LogP) is 1.23. The van der Waals surface area contributed by atoms with Gasteiger partial charge < -0.3 is 0 Å². The molecule has 0 unspecified atom stereocenters. The van der Waals surface area contributed by atoms with Crippen molar-refractivity contribution in [2.75, 3.05) is 0 Å². The van der Waals surface area contributed by atoms with E-state index >= 15 is 0 Å². The zero-order valence-corrected chi connectivity index (χ0v) is 5.54. The van der Waals surface area contributed by atoms with Crippen LogP contribution in [0.15, 0.2) is 12.4 Å². The van der Waals surface area contributed by atoms with Gasteiger partial charge in [-0.05, 0) is 0 Å². The van der Waals surface area contributed by atoms with Gasteiger partial charge in [0.1, 0.15) is 0 Å². The summed E-state index contributed by atoms with van der Waals surface area (Å²) in [5.74, 6) is 0. The van der Waals surface area contributed by atoms with Crippen molar-refractivity contribution >= 4 is 0 Å². The molecule has 0 aliphatic carbocycles. The molecule has 0 N–H and O–H groups in total. The molecule has 0 saturated heterocycles. The molecule has 3 nitrogen and oxygen atoms in total. The summed E-state index contributed by atoms with van der Waals surface area (Å²) in [6.45, 7) is -0.212. The molecule has 0 saturated carbocycles. The molecule has 1 rings (SSSR count). The smallest absolute Gasteiger partial charge is 0.185 e. The molecule has 0 radical (unpaired) electrons. The van der Waals surface area contributed by atoms with E-state index in [1.54, 1.807) is 0 Å². The number of alkyl halides is 3. The normalized spacial score (nSPS) is 11.9. The highest BCUT2D eigenvalue weighted by Crippen LogP contribution is 2.19. The van der Waals surface area contributed by atoms with Crippen molar-refractivity contribution in [2.45, 2.75) is 19.1 Å². The van der Waals surface area contributed by atoms with E-state index in [1.807, 2.05) is 0 Å². The monoisotopic (exact) mass is 165 g/mol. The minimum atomic E-state index is -4.13. The van der Waals surface area contributed by atoms with Gasteiger partial charge in [0.15, 0.2) is 0 Å². The van der Waals surface area contributed by atoms with Gasteiger partial charge in [0.05, 0.1) is 25.4 Å². The summed E-state index contributed by atoms with van der Waals surface area (Å²) in [4.78, 5) is 1.01. The van der Waals surface area contributed by atoms with Crippen molar-refractivity contribution in [3.8, 4) is 0 Å². The van der Waals surface area contributed by atoms with Gasteiger partial charge in [0, 0.05) is 0 Å². The Kier molecular flexibility index (Phi) is 2.11. The minimum Gasteiger partial charge on any atom is -0.185 e. The lowest BCUT2D eigenvalue weighted by Gasteiger charge is -2.03. The van der Waals surface area contributed by atoms with Crippen LogP contribution in [0.3, 0.4) is 0 Å². The maximum absolute atomic E-state index is 11.6. The molecule has 1 heterocycles. The van der Waals surface area contributed by atoms with Gasteiger partial charge in [-0.3, -0.25) is 0 Å². The lowest BCUT2D eigenvalue weighted by Crippen LogP contribution is -2.13. The van der Waals surface area contributed by atoms with E-state index in [9.17, 15) is 13.2 Å². The van der Waals surface area contributed by atoms with E-state index in [0.717, 1.165) is 4.80 Å². The average molecular weight is 165 g/mol. The van der Waals surface area contributed by atoms with Crippen molar-refractivity contribution < 1.29 is 13.2 Å². The van der Waals surface area contributed by atoms with Crippen LogP contribution < -0.4 is 0 Å². The summed E-state index contributed by atoms with van der Waals surface area (Å²) in [5.41, 5.74) is 0. The molecule has 6 heteroatoms. The lowest BCUT2D eigenvalue weighted by molar-refractivity contribution is -0.137. The van der Waals surface area contributed by atoms with E-state index < -0.39 is 12.6 Å². The van der Waals surface area contributed by atoms with E-state index in [2.05, 4.69) is 10.2 Å². The third-order valence-corrected chi connectivity index (χ3v) is 1.06. The first kappa shape index (κ1) is 8.03. The molecule has 0 aliphatic rings. The van der Waals surface area contributed by atoms with E-state index in [1.165, 1.54) is 12.4 Å². The van der Waals surface area contributed by atoms with Crippen LogP contribution in [0.5, 0.6) is 0 Å². The average Bonchev–Trinajstić information content (AvgIpc) is 2.32. The Morgan fingerprint density at radius 1 is 1.18 bits per heavy atom. The van der Waals surface area contributed by atoms with Crippen LogP contribution in [0.4, 0.5) is 13.2 Å². The van der Waals surface area contributed by atoms with E-state index in [4.69, 9.17) is 0 Å². The van der Waals surface area contributed by atoms with Gasteiger partial charge in [-0.2, -0.15) is 28.2 Å². The van der Waals surface area contributed by atoms with Crippen molar-refractivity contribution in [1.29, 1.82) is 0 Å². The first-order valence-electron chi connectivity index (χ1n) is 2.99. The van der Waals surface area contributed by atoms with Crippen LogP contribution in [0.25, 0.3) is 0 Å². The topological polar surface area (TPSA) is 30.7 Å². The molecule has 0 spiro atoms. The number of nitrogens with zero attached hydrogens (tertiary/aromatic N) is 3. The van der Waals surface area contributed by atoms with E-state index in [0.29, 0.717) is 0 Å². The summed E-state index contributed by atoms with van der Waals surface area (Å²) in [6.07, 6.45) is -2.33. The number of rotatable bonds is 2. The number of aryl methyl sites for hydroxylation is 1. The van der Waals surface area contributed by atoms with Gasteiger partial charge >= 0.3 is 6.18 Å². The zero-order chi connectivity index (χ0) is 8.32. The SMILES string of the molecule is FC(F)(F)CCn1nccn1. The number of halogens is 3. The Morgan fingerprint density at radius 3 is 2.18 bits per heavy atom. The van der Waals surface area contributed by atoms with Gasteiger partial charge in [0.2, 0.25) is 0 Å². The van der Waals surface area contributed by atoms with Crippen molar-refractivity contribution in [3.63, 3.8) is 0 Å². The molecule has 0 aliphatic heterocycles. The highest BCUT2D eigenvalue weighted by Gasteiger charge is 2.26. The Labute approximate surface area is 60.8 Å². The molecule has 0 aromatic carbocycles. The van der Waals surface area contributed by atoms with Gasteiger partial charge in [0.25, 0.3) is 0 Å². The van der Waals surface area contributed by atoms with Crippen LogP contribution >= 0.6 is 0 Å². The fourth-order valence-electron chi connectivity index (χ4n) is 0.586. The molecular weight excluding hydrogens is 159 g/mol. The minimum absolute atomic E-state index is 0.212. The first-order valence-corrected chi connectivity index (χ1v) is 2.99. The van der Waals surface area contributed by atoms with Crippen LogP contribution in [-0.2, 0) is 6.54 Å². The number of hydrogen-bond donors (Lipinski definition) is 0. The van der Waals surface area contributed by atoms with E-state index in [-0.39, 0.29) is 6.54 Å². The fourth-order valence-corrected chi connectivity index (χ4v) is 0.586. The molecular formula is C5H6F3N3. The Balaban J connectivity index is 2.35. The highest BCUT2D eigenvalue weighted by atomic mass is 19.4. The summed E-state index contributed by atoms with van der Waals surface area (Å²) >= 11 is 0. The molecule has 0 bridgehead atoms.